The Morgan fingerprint density at radius 3 is 2.52 bits per heavy atom. The van der Waals surface area contributed by atoms with Crippen LogP contribution in [0.5, 0.6) is 5.75 Å². The lowest BCUT2D eigenvalue weighted by molar-refractivity contribution is 0.0729. The van der Waals surface area contributed by atoms with Gasteiger partial charge in [-0.2, -0.15) is 4.31 Å². The molecule has 1 saturated heterocycles. The second kappa shape index (κ2) is 9.65. The number of carbonyl (C=O) groups excluding carboxylic acids is 1. The van der Waals surface area contributed by atoms with Gasteiger partial charge in [-0.25, -0.2) is 8.42 Å². The molecule has 1 aromatic heterocycles. The average Bonchev–Trinajstić information content (AvgIpc) is 2.85. The van der Waals surface area contributed by atoms with Crippen LogP contribution in [0.4, 0.5) is 11.5 Å². The van der Waals surface area contributed by atoms with Crippen LogP contribution < -0.4 is 10.1 Å². The van der Waals surface area contributed by atoms with Gasteiger partial charge in [-0.1, -0.05) is 12.1 Å². The summed E-state index contributed by atoms with van der Waals surface area (Å²) in [5, 5.41) is 11.6. The van der Waals surface area contributed by atoms with Crippen LogP contribution in [0.3, 0.4) is 0 Å². The summed E-state index contributed by atoms with van der Waals surface area (Å²) < 4.78 is 38.4. The average molecular weight is 469 g/mol. The van der Waals surface area contributed by atoms with Crippen LogP contribution in [0.25, 0.3) is 11.3 Å². The van der Waals surface area contributed by atoms with E-state index in [1.54, 1.807) is 48.5 Å². The van der Waals surface area contributed by atoms with Crippen molar-refractivity contribution in [2.24, 2.45) is 0 Å². The van der Waals surface area contributed by atoms with Crippen molar-refractivity contribution < 1.29 is 22.7 Å². The Balaban J connectivity index is 1.60. The smallest absolute Gasteiger partial charge is 0.246 e. The molecule has 0 radical (unpaired) electrons. The quantitative estimate of drug-likeness (QED) is 0.527. The van der Waals surface area contributed by atoms with Crippen molar-refractivity contribution in [2.75, 3.05) is 38.7 Å². The Morgan fingerprint density at radius 2 is 1.85 bits per heavy atom. The number of ketones is 1. The minimum atomic E-state index is -3.76. The number of methoxy groups -OCH3 is 1. The molecular formula is C23H24N4O5S. The molecular weight excluding hydrogens is 444 g/mol. The van der Waals surface area contributed by atoms with E-state index in [0.717, 1.165) is 0 Å². The van der Waals surface area contributed by atoms with Crippen molar-refractivity contribution in [3.05, 3.63) is 60.2 Å². The molecule has 3 aromatic rings. The number of hydrogen-bond acceptors (Lipinski definition) is 8. The Morgan fingerprint density at radius 1 is 1.06 bits per heavy atom. The van der Waals surface area contributed by atoms with Crippen molar-refractivity contribution in [1.29, 1.82) is 0 Å². The summed E-state index contributed by atoms with van der Waals surface area (Å²) in [6.07, 6.45) is 0. The van der Waals surface area contributed by atoms with Gasteiger partial charge in [0.2, 0.25) is 10.0 Å². The number of rotatable bonds is 7. The largest absolute Gasteiger partial charge is 0.495 e. The predicted octanol–water partition coefficient (Wildman–Crippen LogP) is 3.12. The fourth-order valence-corrected chi connectivity index (χ4v) is 5.07. The second-order valence-electron chi connectivity index (χ2n) is 7.45. The first-order chi connectivity index (χ1) is 15.9. The molecule has 0 bridgehead atoms. The minimum Gasteiger partial charge on any atom is -0.495 e. The molecule has 2 aromatic carbocycles. The number of morpholine rings is 1. The number of sulfonamides is 1. The summed E-state index contributed by atoms with van der Waals surface area (Å²) >= 11 is 0. The zero-order chi connectivity index (χ0) is 23.4. The van der Waals surface area contributed by atoms with E-state index < -0.39 is 10.0 Å². The summed E-state index contributed by atoms with van der Waals surface area (Å²) in [5.74, 6) is 0.735. The first kappa shape index (κ1) is 22.8. The summed E-state index contributed by atoms with van der Waals surface area (Å²) in [6.45, 7) is 2.81. The van der Waals surface area contributed by atoms with Gasteiger partial charge in [0.1, 0.15) is 10.6 Å². The molecule has 9 nitrogen and oxygen atoms in total. The van der Waals surface area contributed by atoms with Gasteiger partial charge in [-0.3, -0.25) is 4.79 Å². The highest BCUT2D eigenvalue weighted by Crippen LogP contribution is 2.31. The van der Waals surface area contributed by atoms with E-state index in [-0.39, 0.29) is 16.4 Å². The normalized spacial score (nSPS) is 14.6. The molecule has 0 aliphatic carbocycles. The molecule has 1 aliphatic rings. The number of anilines is 2. The molecule has 172 valence electrons. The first-order valence-electron chi connectivity index (χ1n) is 10.4. The maximum absolute atomic E-state index is 13.2. The number of nitrogens with zero attached hydrogens (tertiary/aromatic N) is 3. The molecule has 2 heterocycles. The van der Waals surface area contributed by atoms with E-state index in [1.807, 2.05) is 6.07 Å². The predicted molar refractivity (Wildman–Crippen MR) is 123 cm³/mol. The Labute approximate surface area is 192 Å². The Kier molecular flexibility index (Phi) is 6.68. The third-order valence-electron chi connectivity index (χ3n) is 5.25. The Bertz CT molecular complexity index is 1260. The molecule has 0 amide bonds. The minimum absolute atomic E-state index is 0.0255. The van der Waals surface area contributed by atoms with Crippen molar-refractivity contribution >= 4 is 27.3 Å². The number of aromatic nitrogens is 2. The highest BCUT2D eigenvalue weighted by Gasteiger charge is 2.29. The summed E-state index contributed by atoms with van der Waals surface area (Å²) in [5.41, 5.74) is 2.42. The monoisotopic (exact) mass is 468 g/mol. The van der Waals surface area contributed by atoms with E-state index in [0.29, 0.717) is 54.6 Å². The number of nitrogens with one attached hydrogen (secondary N) is 1. The molecule has 0 saturated carbocycles. The van der Waals surface area contributed by atoms with Gasteiger partial charge in [0, 0.05) is 29.9 Å². The fourth-order valence-electron chi connectivity index (χ4n) is 3.48. The third-order valence-corrected chi connectivity index (χ3v) is 7.17. The van der Waals surface area contributed by atoms with E-state index in [9.17, 15) is 13.2 Å². The van der Waals surface area contributed by atoms with Crippen molar-refractivity contribution in [3.8, 4) is 17.0 Å². The second-order valence-corrected chi connectivity index (χ2v) is 9.35. The van der Waals surface area contributed by atoms with Crippen LogP contribution in [-0.2, 0) is 14.8 Å². The molecule has 0 unspecified atom stereocenters. The lowest BCUT2D eigenvalue weighted by atomic mass is 10.1. The van der Waals surface area contributed by atoms with Gasteiger partial charge in [0.25, 0.3) is 0 Å². The van der Waals surface area contributed by atoms with E-state index in [4.69, 9.17) is 9.47 Å². The zero-order valence-electron chi connectivity index (χ0n) is 18.3. The molecule has 1 N–H and O–H groups in total. The van der Waals surface area contributed by atoms with Crippen LogP contribution in [0, 0.1) is 0 Å². The maximum Gasteiger partial charge on any atom is 0.246 e. The van der Waals surface area contributed by atoms with Gasteiger partial charge in [0.15, 0.2) is 11.6 Å². The highest BCUT2D eigenvalue weighted by molar-refractivity contribution is 7.89. The third kappa shape index (κ3) is 5.03. The van der Waals surface area contributed by atoms with Gasteiger partial charge >= 0.3 is 0 Å². The maximum atomic E-state index is 13.2. The van der Waals surface area contributed by atoms with Crippen molar-refractivity contribution in [3.63, 3.8) is 0 Å². The first-order valence-corrected chi connectivity index (χ1v) is 11.8. The lowest BCUT2D eigenvalue weighted by Crippen LogP contribution is -2.40. The number of Topliss-reactive ketones (excluding diaryl/α,β-unsaturated/α-hetero) is 1. The Hall–Kier alpha value is -3.34. The van der Waals surface area contributed by atoms with Crippen LogP contribution in [0.15, 0.2) is 59.5 Å². The summed E-state index contributed by atoms with van der Waals surface area (Å²) in [6, 6.07) is 15.5. The number of hydrogen-bond donors (Lipinski definition) is 1. The van der Waals surface area contributed by atoms with Crippen LogP contribution >= 0.6 is 0 Å². The van der Waals surface area contributed by atoms with Crippen LogP contribution in [0.2, 0.25) is 0 Å². The fraction of sp³-hybridized carbons (Fsp3) is 0.261. The molecule has 33 heavy (non-hydrogen) atoms. The molecule has 10 heteroatoms. The lowest BCUT2D eigenvalue weighted by Gasteiger charge is -2.26. The van der Waals surface area contributed by atoms with E-state index in [2.05, 4.69) is 15.5 Å². The van der Waals surface area contributed by atoms with E-state index >= 15 is 0 Å². The summed E-state index contributed by atoms with van der Waals surface area (Å²) in [7, 11) is -2.32. The standard InChI is InChI=1S/C23H24N4O5S/c1-16(28)17-4-3-5-19(14-17)24-23-9-7-20(25-26-23)18-6-8-21(31-2)22(15-18)33(29,30)27-10-12-32-13-11-27/h3-9,14-15H,10-13H2,1-2H3,(H,24,26). The van der Waals surface area contributed by atoms with Gasteiger partial charge in [-0.05, 0) is 49.4 Å². The van der Waals surface area contributed by atoms with Crippen LogP contribution in [-0.4, -0.2) is 62.1 Å². The number of benzene rings is 2. The molecule has 0 atom stereocenters. The van der Waals surface area contributed by atoms with Crippen molar-refractivity contribution in [1.82, 2.24) is 14.5 Å². The molecule has 1 fully saturated rings. The molecule has 1 aliphatic heterocycles. The van der Waals surface area contributed by atoms with Crippen LogP contribution in [0.1, 0.15) is 17.3 Å². The SMILES string of the molecule is COc1ccc(-c2ccc(Nc3cccc(C(C)=O)c3)nn2)cc1S(=O)(=O)N1CCOCC1. The van der Waals surface area contributed by atoms with E-state index in [1.165, 1.54) is 18.3 Å². The number of ether oxygens (including phenoxy) is 2. The number of carbonyl (C=O) groups is 1. The van der Waals surface area contributed by atoms with Gasteiger partial charge in [0.05, 0.1) is 26.0 Å². The zero-order valence-corrected chi connectivity index (χ0v) is 19.1. The van der Waals surface area contributed by atoms with Gasteiger partial charge in [-0.15, -0.1) is 10.2 Å². The topological polar surface area (TPSA) is 111 Å². The molecule has 0 spiro atoms. The molecule has 4 rings (SSSR count). The van der Waals surface area contributed by atoms with Crippen molar-refractivity contribution in [2.45, 2.75) is 11.8 Å². The van der Waals surface area contributed by atoms with Gasteiger partial charge < -0.3 is 14.8 Å². The highest BCUT2D eigenvalue weighted by atomic mass is 32.2. The summed E-state index contributed by atoms with van der Waals surface area (Å²) in [4.78, 5) is 11.7.